The fourth-order valence-corrected chi connectivity index (χ4v) is 2.52. The Balaban J connectivity index is 1.99. The summed E-state index contributed by atoms with van der Waals surface area (Å²) < 4.78 is 0. The first-order chi connectivity index (χ1) is 7.74. The molecule has 0 aromatic rings. The van der Waals surface area contributed by atoms with E-state index in [0.29, 0.717) is 0 Å². The number of hydrogen-bond donors (Lipinski definition) is 1. The lowest BCUT2D eigenvalue weighted by Crippen LogP contribution is -2.37. The number of unbranched alkanes of at least 4 members (excludes halogenated alkanes) is 2. The van der Waals surface area contributed by atoms with Crippen LogP contribution in [0.3, 0.4) is 0 Å². The van der Waals surface area contributed by atoms with Gasteiger partial charge < -0.3 is 15.1 Å². The summed E-state index contributed by atoms with van der Waals surface area (Å²) in [6.45, 7) is 4.96. The number of likely N-dealkylation sites (N-methyl/N-ethyl adjacent to an activating group) is 2. The van der Waals surface area contributed by atoms with Crippen molar-refractivity contribution in [1.29, 1.82) is 0 Å². The van der Waals surface area contributed by atoms with Crippen molar-refractivity contribution in [2.45, 2.75) is 38.1 Å². The van der Waals surface area contributed by atoms with Crippen molar-refractivity contribution in [3.63, 3.8) is 0 Å². The average molecular weight is 227 g/mol. The predicted molar refractivity (Wildman–Crippen MR) is 70.9 cm³/mol. The number of hydrogen-bond acceptors (Lipinski definition) is 3. The molecule has 0 aromatic carbocycles. The lowest BCUT2D eigenvalue weighted by atomic mass is 10.2. The Bertz CT molecular complexity index is 173. The summed E-state index contributed by atoms with van der Waals surface area (Å²) in [5.74, 6) is 0. The lowest BCUT2D eigenvalue weighted by Gasteiger charge is -2.25. The van der Waals surface area contributed by atoms with Crippen LogP contribution in [-0.4, -0.2) is 63.2 Å². The van der Waals surface area contributed by atoms with Gasteiger partial charge in [0.1, 0.15) is 0 Å². The molecule has 1 atom stereocenters. The Kier molecular flexibility index (Phi) is 7.01. The predicted octanol–water partition coefficient (Wildman–Crippen LogP) is 1.40. The van der Waals surface area contributed by atoms with E-state index in [1.807, 2.05) is 7.05 Å². The smallest absolute Gasteiger partial charge is 0.0220 e. The Morgan fingerprint density at radius 3 is 2.75 bits per heavy atom. The molecule has 1 aliphatic rings. The molecule has 0 aromatic heterocycles. The van der Waals surface area contributed by atoms with E-state index in [2.05, 4.69) is 29.2 Å². The van der Waals surface area contributed by atoms with Crippen molar-refractivity contribution in [3.8, 4) is 0 Å². The third-order valence-corrected chi connectivity index (χ3v) is 3.66. The summed E-state index contributed by atoms with van der Waals surface area (Å²) in [7, 11) is 6.56. The zero-order valence-corrected chi connectivity index (χ0v) is 11.3. The molecule has 1 saturated heterocycles. The minimum Gasteiger partial charge on any atom is -0.320 e. The minimum atomic E-state index is 0.808. The first-order valence-electron chi connectivity index (χ1n) is 6.77. The standard InChI is InChI=1S/C13H29N3/c1-14-9-5-4-6-10-15(2)12-13-8-7-11-16(13)3/h13-14H,4-12H2,1-3H3. The van der Waals surface area contributed by atoms with Gasteiger partial charge in [-0.3, -0.25) is 0 Å². The van der Waals surface area contributed by atoms with E-state index < -0.39 is 0 Å². The van der Waals surface area contributed by atoms with Gasteiger partial charge in [0.2, 0.25) is 0 Å². The van der Waals surface area contributed by atoms with Crippen LogP contribution in [0.15, 0.2) is 0 Å². The van der Waals surface area contributed by atoms with Crippen LogP contribution in [0.4, 0.5) is 0 Å². The summed E-state index contributed by atoms with van der Waals surface area (Å²) in [6.07, 6.45) is 6.78. The average Bonchev–Trinajstić information content (AvgIpc) is 2.64. The summed E-state index contributed by atoms with van der Waals surface area (Å²) in [4.78, 5) is 5.02. The lowest BCUT2D eigenvalue weighted by molar-refractivity contribution is 0.217. The first-order valence-corrected chi connectivity index (χ1v) is 6.77. The van der Waals surface area contributed by atoms with Gasteiger partial charge in [0.25, 0.3) is 0 Å². The third kappa shape index (κ3) is 5.28. The molecular weight excluding hydrogens is 198 g/mol. The Morgan fingerprint density at radius 2 is 2.12 bits per heavy atom. The fourth-order valence-electron chi connectivity index (χ4n) is 2.52. The highest BCUT2D eigenvalue weighted by Gasteiger charge is 2.21. The fraction of sp³-hybridized carbons (Fsp3) is 1.00. The Hall–Kier alpha value is -0.120. The Morgan fingerprint density at radius 1 is 1.31 bits per heavy atom. The highest BCUT2D eigenvalue weighted by Crippen LogP contribution is 2.15. The molecule has 0 radical (unpaired) electrons. The van der Waals surface area contributed by atoms with Gasteiger partial charge in [-0.2, -0.15) is 0 Å². The van der Waals surface area contributed by atoms with Crippen LogP contribution in [-0.2, 0) is 0 Å². The molecule has 1 unspecified atom stereocenters. The minimum absolute atomic E-state index is 0.808. The number of nitrogens with zero attached hydrogens (tertiary/aromatic N) is 2. The van der Waals surface area contributed by atoms with E-state index in [-0.39, 0.29) is 0 Å². The zero-order valence-electron chi connectivity index (χ0n) is 11.3. The first kappa shape index (κ1) is 13.9. The summed E-state index contributed by atoms with van der Waals surface area (Å²) in [5, 5.41) is 3.20. The van der Waals surface area contributed by atoms with E-state index in [1.165, 1.54) is 51.7 Å². The summed E-state index contributed by atoms with van der Waals surface area (Å²) in [6, 6.07) is 0.808. The monoisotopic (exact) mass is 227 g/mol. The van der Waals surface area contributed by atoms with Crippen molar-refractivity contribution < 1.29 is 0 Å². The normalized spacial score (nSPS) is 22.1. The zero-order chi connectivity index (χ0) is 11.8. The Labute approximate surface area is 101 Å². The number of nitrogens with one attached hydrogen (secondary N) is 1. The van der Waals surface area contributed by atoms with Crippen molar-refractivity contribution >= 4 is 0 Å². The molecule has 16 heavy (non-hydrogen) atoms. The quantitative estimate of drug-likeness (QED) is 0.632. The van der Waals surface area contributed by atoms with Crippen LogP contribution in [0.5, 0.6) is 0 Å². The third-order valence-electron chi connectivity index (χ3n) is 3.66. The second-order valence-electron chi connectivity index (χ2n) is 5.20. The van der Waals surface area contributed by atoms with Gasteiger partial charge in [0.05, 0.1) is 0 Å². The van der Waals surface area contributed by atoms with Gasteiger partial charge in [0, 0.05) is 12.6 Å². The molecule has 0 aliphatic carbocycles. The van der Waals surface area contributed by atoms with Crippen molar-refractivity contribution in [2.24, 2.45) is 0 Å². The summed E-state index contributed by atoms with van der Waals surface area (Å²) >= 11 is 0. The maximum atomic E-state index is 3.20. The van der Waals surface area contributed by atoms with Gasteiger partial charge in [0.15, 0.2) is 0 Å². The van der Waals surface area contributed by atoms with Crippen LogP contribution in [0.25, 0.3) is 0 Å². The molecular formula is C13H29N3. The molecule has 1 fully saturated rings. The van der Waals surface area contributed by atoms with Crippen LogP contribution in [0.2, 0.25) is 0 Å². The van der Waals surface area contributed by atoms with E-state index in [0.717, 1.165) is 12.6 Å². The molecule has 1 heterocycles. The maximum Gasteiger partial charge on any atom is 0.0220 e. The summed E-state index contributed by atoms with van der Waals surface area (Å²) in [5.41, 5.74) is 0. The van der Waals surface area contributed by atoms with Gasteiger partial charge in [-0.25, -0.2) is 0 Å². The molecule has 1 N–H and O–H groups in total. The SMILES string of the molecule is CNCCCCCN(C)CC1CCCN1C. The molecule has 3 nitrogen and oxygen atoms in total. The van der Waals surface area contributed by atoms with Gasteiger partial charge in [-0.1, -0.05) is 6.42 Å². The molecule has 0 spiro atoms. The van der Waals surface area contributed by atoms with E-state index in [4.69, 9.17) is 0 Å². The number of likely N-dealkylation sites (tertiary alicyclic amines) is 1. The van der Waals surface area contributed by atoms with E-state index in [1.54, 1.807) is 0 Å². The van der Waals surface area contributed by atoms with Gasteiger partial charge in [-0.05, 0) is 66.5 Å². The maximum absolute atomic E-state index is 3.20. The van der Waals surface area contributed by atoms with Crippen LogP contribution in [0, 0.1) is 0 Å². The second-order valence-corrected chi connectivity index (χ2v) is 5.20. The van der Waals surface area contributed by atoms with E-state index >= 15 is 0 Å². The molecule has 1 rings (SSSR count). The molecule has 3 heteroatoms. The highest BCUT2D eigenvalue weighted by atomic mass is 15.2. The molecule has 0 amide bonds. The molecule has 96 valence electrons. The van der Waals surface area contributed by atoms with Crippen LogP contribution >= 0.6 is 0 Å². The van der Waals surface area contributed by atoms with Gasteiger partial charge in [-0.15, -0.1) is 0 Å². The van der Waals surface area contributed by atoms with E-state index in [9.17, 15) is 0 Å². The molecule has 0 saturated carbocycles. The topological polar surface area (TPSA) is 18.5 Å². The van der Waals surface area contributed by atoms with Crippen LogP contribution in [0.1, 0.15) is 32.1 Å². The highest BCUT2D eigenvalue weighted by molar-refractivity contribution is 4.78. The van der Waals surface area contributed by atoms with Crippen LogP contribution < -0.4 is 5.32 Å². The van der Waals surface area contributed by atoms with Crippen molar-refractivity contribution in [2.75, 3.05) is 47.3 Å². The largest absolute Gasteiger partial charge is 0.320 e. The molecule has 1 aliphatic heterocycles. The number of rotatable bonds is 8. The molecule has 0 bridgehead atoms. The van der Waals surface area contributed by atoms with Crippen molar-refractivity contribution in [1.82, 2.24) is 15.1 Å². The second kappa shape index (κ2) is 8.04. The van der Waals surface area contributed by atoms with Crippen molar-refractivity contribution in [3.05, 3.63) is 0 Å². The van der Waals surface area contributed by atoms with Gasteiger partial charge >= 0.3 is 0 Å².